The highest BCUT2D eigenvalue weighted by Crippen LogP contribution is 2.16. The van der Waals surface area contributed by atoms with Gasteiger partial charge in [0.2, 0.25) is 5.91 Å². The molecule has 0 spiro atoms. The number of fused-ring (bicyclic) bond motifs is 1. The van der Waals surface area contributed by atoms with Gasteiger partial charge in [-0.3, -0.25) is 14.2 Å². The van der Waals surface area contributed by atoms with E-state index in [1.54, 1.807) is 11.4 Å². The van der Waals surface area contributed by atoms with Crippen LogP contribution in [0.2, 0.25) is 0 Å². The Hall–Kier alpha value is -2.87. The lowest BCUT2D eigenvalue weighted by molar-refractivity contribution is -0.131. The van der Waals surface area contributed by atoms with E-state index in [2.05, 4.69) is 22.0 Å². The number of anilines is 1. The Morgan fingerprint density at radius 2 is 1.76 bits per heavy atom. The maximum atomic E-state index is 12.5. The second-order valence-electron chi connectivity index (χ2n) is 7.21. The molecule has 1 saturated heterocycles. The quantitative estimate of drug-likeness (QED) is 0.630. The number of para-hydroxylation sites is 1. The van der Waals surface area contributed by atoms with E-state index >= 15 is 0 Å². The maximum Gasteiger partial charge on any atom is 0.328 e. The van der Waals surface area contributed by atoms with Crippen LogP contribution in [0.5, 0.6) is 0 Å². The highest BCUT2D eigenvalue weighted by molar-refractivity contribution is 7.17. The van der Waals surface area contributed by atoms with Crippen molar-refractivity contribution in [1.82, 2.24) is 14.5 Å². The molecule has 1 aliphatic heterocycles. The Balaban J connectivity index is 1.25. The SMILES string of the molecule is O=C(CCCCn1c(=O)[nH]c2ccsc2c1=O)N1CCN(c2ccccc2)CC1. The van der Waals surface area contributed by atoms with E-state index in [0.29, 0.717) is 36.0 Å². The third kappa shape index (κ3) is 4.27. The van der Waals surface area contributed by atoms with Crippen LogP contribution in [0.3, 0.4) is 0 Å². The molecule has 3 aromatic rings. The summed E-state index contributed by atoms with van der Waals surface area (Å²) in [7, 11) is 0. The van der Waals surface area contributed by atoms with Crippen LogP contribution >= 0.6 is 11.3 Å². The van der Waals surface area contributed by atoms with E-state index in [-0.39, 0.29) is 17.2 Å². The summed E-state index contributed by atoms with van der Waals surface area (Å²) in [5.41, 5.74) is 1.15. The number of amides is 1. The van der Waals surface area contributed by atoms with Crippen LogP contribution < -0.4 is 16.1 Å². The fourth-order valence-electron chi connectivity index (χ4n) is 3.73. The van der Waals surface area contributed by atoms with Gasteiger partial charge in [-0.1, -0.05) is 18.2 Å². The first-order valence-electron chi connectivity index (χ1n) is 9.91. The standard InChI is InChI=1S/C21H24N4O3S/c26-18(24-13-11-23(12-14-24)16-6-2-1-3-7-16)8-4-5-10-25-20(27)19-17(9-15-29-19)22-21(25)28/h1-3,6-7,9,15H,4-5,8,10-14H2,(H,22,28). The monoisotopic (exact) mass is 412 g/mol. The van der Waals surface area contributed by atoms with Crippen molar-refractivity contribution < 1.29 is 4.79 Å². The topological polar surface area (TPSA) is 78.4 Å². The number of unbranched alkanes of at least 4 members (excludes halogenated alkanes) is 1. The summed E-state index contributed by atoms with van der Waals surface area (Å²) in [6.07, 6.45) is 1.72. The van der Waals surface area contributed by atoms with Crippen molar-refractivity contribution in [3.05, 3.63) is 62.6 Å². The number of nitrogens with one attached hydrogen (secondary N) is 1. The van der Waals surface area contributed by atoms with Crippen molar-refractivity contribution in [1.29, 1.82) is 0 Å². The van der Waals surface area contributed by atoms with Crippen LogP contribution in [0.25, 0.3) is 10.2 Å². The number of carbonyl (C=O) groups excluding carboxylic acids is 1. The summed E-state index contributed by atoms with van der Waals surface area (Å²) < 4.78 is 1.80. The third-order valence-corrected chi connectivity index (χ3v) is 6.27. The zero-order chi connectivity index (χ0) is 20.2. The molecule has 152 valence electrons. The average Bonchev–Trinajstić information content (AvgIpc) is 3.22. The molecule has 1 amide bonds. The number of hydrogen-bond donors (Lipinski definition) is 1. The van der Waals surface area contributed by atoms with Crippen molar-refractivity contribution in [2.75, 3.05) is 31.1 Å². The molecule has 0 unspecified atom stereocenters. The summed E-state index contributed by atoms with van der Waals surface area (Å²) in [6.45, 7) is 3.45. The van der Waals surface area contributed by atoms with Gasteiger partial charge in [0.1, 0.15) is 4.70 Å². The number of aromatic nitrogens is 2. The summed E-state index contributed by atoms with van der Waals surface area (Å²) in [6, 6.07) is 12.0. The van der Waals surface area contributed by atoms with Gasteiger partial charge in [0.15, 0.2) is 0 Å². The molecular weight excluding hydrogens is 388 g/mol. The second kappa shape index (κ2) is 8.65. The van der Waals surface area contributed by atoms with Crippen LogP contribution in [0, 0.1) is 0 Å². The lowest BCUT2D eigenvalue weighted by Crippen LogP contribution is -2.48. The van der Waals surface area contributed by atoms with Gasteiger partial charge in [0.25, 0.3) is 5.56 Å². The van der Waals surface area contributed by atoms with E-state index < -0.39 is 0 Å². The lowest BCUT2D eigenvalue weighted by Gasteiger charge is -2.36. The molecule has 0 atom stereocenters. The van der Waals surface area contributed by atoms with Crippen molar-refractivity contribution in [3.63, 3.8) is 0 Å². The zero-order valence-electron chi connectivity index (χ0n) is 16.2. The van der Waals surface area contributed by atoms with Crippen LogP contribution in [0.1, 0.15) is 19.3 Å². The third-order valence-electron chi connectivity index (χ3n) is 5.37. The van der Waals surface area contributed by atoms with Crippen LogP contribution in [-0.4, -0.2) is 46.5 Å². The molecule has 4 rings (SSSR count). The maximum absolute atomic E-state index is 12.5. The number of aromatic amines is 1. The summed E-state index contributed by atoms with van der Waals surface area (Å²) in [5, 5.41) is 1.79. The number of nitrogens with zero attached hydrogens (tertiary/aromatic N) is 3. The molecule has 0 radical (unpaired) electrons. The Bertz CT molecular complexity index is 1090. The predicted molar refractivity (Wildman–Crippen MR) is 116 cm³/mol. The van der Waals surface area contributed by atoms with Crippen molar-refractivity contribution in [2.45, 2.75) is 25.8 Å². The highest BCUT2D eigenvalue weighted by atomic mass is 32.1. The minimum atomic E-state index is -0.385. The van der Waals surface area contributed by atoms with Gasteiger partial charge in [-0.05, 0) is 36.4 Å². The molecule has 1 fully saturated rings. The van der Waals surface area contributed by atoms with E-state index in [1.165, 1.54) is 21.6 Å². The Kier molecular flexibility index (Phi) is 5.80. The number of H-pyrrole nitrogens is 1. The minimum Gasteiger partial charge on any atom is -0.368 e. The molecule has 3 heterocycles. The molecule has 2 aromatic heterocycles. The molecule has 0 aliphatic carbocycles. The zero-order valence-corrected chi connectivity index (χ0v) is 17.0. The van der Waals surface area contributed by atoms with E-state index in [1.807, 2.05) is 23.1 Å². The Morgan fingerprint density at radius 3 is 2.52 bits per heavy atom. The summed E-state index contributed by atoms with van der Waals surface area (Å²) in [5.74, 6) is 0.146. The number of carbonyl (C=O) groups is 1. The number of hydrogen-bond acceptors (Lipinski definition) is 5. The second-order valence-corrected chi connectivity index (χ2v) is 8.13. The molecule has 8 heteroatoms. The van der Waals surface area contributed by atoms with Gasteiger partial charge in [-0.25, -0.2) is 4.79 Å². The van der Waals surface area contributed by atoms with Gasteiger partial charge in [-0.2, -0.15) is 0 Å². The van der Waals surface area contributed by atoms with Crippen molar-refractivity contribution >= 4 is 33.1 Å². The summed E-state index contributed by atoms with van der Waals surface area (Å²) in [4.78, 5) is 44.0. The molecule has 1 aromatic carbocycles. The fraction of sp³-hybridized carbons (Fsp3) is 0.381. The molecule has 0 saturated carbocycles. The van der Waals surface area contributed by atoms with Crippen molar-refractivity contribution in [2.24, 2.45) is 0 Å². The molecule has 29 heavy (non-hydrogen) atoms. The first kappa shape index (κ1) is 19.4. The molecule has 1 aliphatic rings. The number of rotatable bonds is 6. The fourth-order valence-corrected chi connectivity index (χ4v) is 4.53. The smallest absolute Gasteiger partial charge is 0.328 e. The number of thiophene rings is 1. The molecule has 0 bridgehead atoms. The highest BCUT2D eigenvalue weighted by Gasteiger charge is 2.20. The molecule has 7 nitrogen and oxygen atoms in total. The Labute approximate surface area is 172 Å². The van der Waals surface area contributed by atoms with Crippen molar-refractivity contribution in [3.8, 4) is 0 Å². The summed E-state index contributed by atoms with van der Waals surface area (Å²) >= 11 is 1.33. The largest absolute Gasteiger partial charge is 0.368 e. The van der Waals surface area contributed by atoms with E-state index in [0.717, 1.165) is 26.2 Å². The first-order valence-corrected chi connectivity index (χ1v) is 10.8. The average molecular weight is 413 g/mol. The van der Waals surface area contributed by atoms with Gasteiger partial charge in [0, 0.05) is 44.8 Å². The van der Waals surface area contributed by atoms with E-state index in [4.69, 9.17) is 0 Å². The molecular formula is C21H24N4O3S. The molecule has 1 N–H and O–H groups in total. The van der Waals surface area contributed by atoms with Gasteiger partial charge in [-0.15, -0.1) is 11.3 Å². The van der Waals surface area contributed by atoms with Crippen LogP contribution in [-0.2, 0) is 11.3 Å². The number of benzene rings is 1. The van der Waals surface area contributed by atoms with Crippen LogP contribution in [0.15, 0.2) is 51.4 Å². The van der Waals surface area contributed by atoms with Crippen LogP contribution in [0.4, 0.5) is 5.69 Å². The van der Waals surface area contributed by atoms with E-state index in [9.17, 15) is 14.4 Å². The number of piperazine rings is 1. The normalized spacial score (nSPS) is 14.5. The first-order chi connectivity index (χ1) is 14.1. The minimum absolute atomic E-state index is 0.146. The van der Waals surface area contributed by atoms with Gasteiger partial charge in [0.05, 0.1) is 5.52 Å². The lowest BCUT2D eigenvalue weighted by atomic mass is 10.2. The van der Waals surface area contributed by atoms with Gasteiger partial charge < -0.3 is 14.8 Å². The predicted octanol–water partition coefficient (Wildman–Crippen LogP) is 2.27. The van der Waals surface area contributed by atoms with Gasteiger partial charge >= 0.3 is 5.69 Å². The Morgan fingerprint density at radius 1 is 1.00 bits per heavy atom.